The molecule has 2 aliphatic rings. The zero-order valence-corrected chi connectivity index (χ0v) is 14.5. The lowest BCUT2D eigenvalue weighted by atomic mass is 9.87. The van der Waals surface area contributed by atoms with Crippen LogP contribution in [0.25, 0.3) is 0 Å². The Kier molecular flexibility index (Phi) is 4.62. The van der Waals surface area contributed by atoms with Crippen molar-refractivity contribution in [2.45, 2.75) is 51.7 Å². The third kappa shape index (κ3) is 3.45. The average Bonchev–Trinajstić information content (AvgIpc) is 3.14. The molecule has 24 heavy (non-hydrogen) atoms. The van der Waals surface area contributed by atoms with E-state index in [2.05, 4.69) is 10.5 Å². The number of ether oxygens (including phenoxy) is 1. The van der Waals surface area contributed by atoms with Crippen LogP contribution < -0.4 is 5.32 Å². The molecule has 0 bridgehead atoms. The van der Waals surface area contributed by atoms with Gasteiger partial charge in [-0.15, -0.1) is 0 Å². The number of likely N-dealkylation sites (tertiary alicyclic amines) is 1. The summed E-state index contributed by atoms with van der Waals surface area (Å²) in [6, 6.07) is 1.73. The normalized spacial score (nSPS) is 23.0. The Hall–Kier alpha value is -1.89. The minimum absolute atomic E-state index is 0.0214. The molecule has 2 aliphatic heterocycles. The largest absolute Gasteiger partial charge is 0.373 e. The molecule has 2 amide bonds. The number of carbonyl (C=O) groups is 2. The van der Waals surface area contributed by atoms with E-state index in [0.29, 0.717) is 31.2 Å². The summed E-state index contributed by atoms with van der Waals surface area (Å²) in [7, 11) is 0. The van der Waals surface area contributed by atoms with Crippen LogP contribution in [0.4, 0.5) is 0 Å². The summed E-state index contributed by atoms with van der Waals surface area (Å²) in [4.78, 5) is 26.0. The van der Waals surface area contributed by atoms with E-state index < -0.39 is 0 Å². The van der Waals surface area contributed by atoms with E-state index in [4.69, 9.17) is 9.26 Å². The fourth-order valence-corrected chi connectivity index (χ4v) is 3.40. The molecule has 0 aliphatic carbocycles. The summed E-state index contributed by atoms with van der Waals surface area (Å²) in [5.74, 6) is 0.584. The SMILES string of the molecule is Cc1cc(C(=O)N2CCC3(CC2)CC(NC(=O)C(C)C)CO3)no1. The molecule has 1 aromatic heterocycles. The monoisotopic (exact) mass is 335 g/mol. The molecule has 0 aromatic carbocycles. The number of hydrogen-bond acceptors (Lipinski definition) is 5. The zero-order chi connectivity index (χ0) is 17.3. The van der Waals surface area contributed by atoms with Crippen molar-refractivity contribution < 1.29 is 18.8 Å². The molecule has 7 heteroatoms. The van der Waals surface area contributed by atoms with Crippen molar-refractivity contribution in [2.75, 3.05) is 19.7 Å². The zero-order valence-electron chi connectivity index (χ0n) is 14.5. The Bertz CT molecular complexity index is 617. The summed E-state index contributed by atoms with van der Waals surface area (Å²) >= 11 is 0. The van der Waals surface area contributed by atoms with E-state index in [9.17, 15) is 9.59 Å². The van der Waals surface area contributed by atoms with Crippen molar-refractivity contribution in [3.63, 3.8) is 0 Å². The topological polar surface area (TPSA) is 84.7 Å². The first-order valence-corrected chi connectivity index (χ1v) is 8.55. The molecule has 3 rings (SSSR count). The lowest BCUT2D eigenvalue weighted by molar-refractivity contribution is -0.124. The molecule has 0 saturated carbocycles. The maximum atomic E-state index is 12.4. The Labute approximate surface area is 141 Å². The molecule has 2 saturated heterocycles. The van der Waals surface area contributed by atoms with E-state index in [1.54, 1.807) is 17.9 Å². The molecule has 2 fully saturated rings. The first-order chi connectivity index (χ1) is 11.4. The lowest BCUT2D eigenvalue weighted by Gasteiger charge is -2.38. The maximum Gasteiger partial charge on any atom is 0.276 e. The molecule has 132 valence electrons. The number of amides is 2. The van der Waals surface area contributed by atoms with Crippen LogP contribution in [0.1, 0.15) is 49.4 Å². The smallest absolute Gasteiger partial charge is 0.276 e. The highest BCUT2D eigenvalue weighted by atomic mass is 16.5. The predicted octanol–water partition coefficient (Wildman–Crippen LogP) is 1.52. The summed E-state index contributed by atoms with van der Waals surface area (Å²) in [5, 5.41) is 6.84. The number of piperidine rings is 1. The average molecular weight is 335 g/mol. The summed E-state index contributed by atoms with van der Waals surface area (Å²) in [5.41, 5.74) is 0.142. The Morgan fingerprint density at radius 3 is 2.67 bits per heavy atom. The highest BCUT2D eigenvalue weighted by Crippen LogP contribution is 2.36. The van der Waals surface area contributed by atoms with E-state index in [-0.39, 0.29) is 29.4 Å². The van der Waals surface area contributed by atoms with Gasteiger partial charge in [-0.2, -0.15) is 0 Å². The van der Waals surface area contributed by atoms with Gasteiger partial charge in [0.15, 0.2) is 5.69 Å². The van der Waals surface area contributed by atoms with Crippen LogP contribution in [-0.2, 0) is 9.53 Å². The van der Waals surface area contributed by atoms with Gasteiger partial charge in [0, 0.05) is 25.1 Å². The first-order valence-electron chi connectivity index (χ1n) is 8.55. The van der Waals surface area contributed by atoms with Gasteiger partial charge in [-0.1, -0.05) is 19.0 Å². The summed E-state index contributed by atoms with van der Waals surface area (Å²) < 4.78 is 11.0. The van der Waals surface area contributed by atoms with Crippen molar-refractivity contribution in [3.05, 3.63) is 17.5 Å². The van der Waals surface area contributed by atoms with Gasteiger partial charge in [0.25, 0.3) is 5.91 Å². The van der Waals surface area contributed by atoms with Gasteiger partial charge in [-0.05, 0) is 26.2 Å². The van der Waals surface area contributed by atoms with E-state index in [0.717, 1.165) is 19.3 Å². The Morgan fingerprint density at radius 1 is 1.38 bits per heavy atom. The third-order valence-electron chi connectivity index (χ3n) is 4.89. The molecule has 0 radical (unpaired) electrons. The van der Waals surface area contributed by atoms with Crippen molar-refractivity contribution in [2.24, 2.45) is 5.92 Å². The Balaban J connectivity index is 1.53. The number of aryl methyl sites for hydroxylation is 1. The number of aromatic nitrogens is 1. The molecule has 3 heterocycles. The van der Waals surface area contributed by atoms with Crippen molar-refractivity contribution >= 4 is 11.8 Å². The minimum atomic E-state index is -0.217. The molecule has 1 atom stereocenters. The fraction of sp³-hybridized carbons (Fsp3) is 0.706. The second-order valence-corrected chi connectivity index (χ2v) is 7.17. The first kappa shape index (κ1) is 17.0. The lowest BCUT2D eigenvalue weighted by Crippen LogP contribution is -2.47. The van der Waals surface area contributed by atoms with Crippen molar-refractivity contribution in [1.82, 2.24) is 15.4 Å². The molecule has 7 nitrogen and oxygen atoms in total. The third-order valence-corrected chi connectivity index (χ3v) is 4.89. The van der Waals surface area contributed by atoms with Crippen LogP contribution in [-0.4, -0.2) is 53.2 Å². The molecular weight excluding hydrogens is 310 g/mol. The molecular formula is C17H25N3O4. The minimum Gasteiger partial charge on any atom is -0.373 e. The molecule has 1 N–H and O–H groups in total. The van der Waals surface area contributed by atoms with Gasteiger partial charge in [-0.25, -0.2) is 0 Å². The van der Waals surface area contributed by atoms with Crippen molar-refractivity contribution in [3.8, 4) is 0 Å². The van der Waals surface area contributed by atoms with Gasteiger partial charge in [0.2, 0.25) is 5.91 Å². The standard InChI is InChI=1S/C17H25N3O4/c1-11(2)15(21)18-13-9-17(23-10-13)4-6-20(7-5-17)16(22)14-8-12(3)24-19-14/h8,11,13H,4-7,9-10H2,1-3H3,(H,18,21). The summed E-state index contributed by atoms with van der Waals surface area (Å²) in [6.45, 7) is 7.36. The van der Waals surface area contributed by atoms with Crippen LogP contribution in [0, 0.1) is 12.8 Å². The van der Waals surface area contributed by atoms with Gasteiger partial charge in [0.1, 0.15) is 5.76 Å². The summed E-state index contributed by atoms with van der Waals surface area (Å²) in [6.07, 6.45) is 2.38. The van der Waals surface area contributed by atoms with E-state index in [1.807, 2.05) is 13.8 Å². The second kappa shape index (κ2) is 6.55. The molecule has 1 aromatic rings. The number of carbonyl (C=O) groups excluding carboxylic acids is 2. The van der Waals surface area contributed by atoms with Crippen LogP contribution >= 0.6 is 0 Å². The predicted molar refractivity (Wildman–Crippen MR) is 86.4 cm³/mol. The quantitative estimate of drug-likeness (QED) is 0.905. The number of rotatable bonds is 3. The highest BCUT2D eigenvalue weighted by molar-refractivity contribution is 5.92. The number of nitrogens with one attached hydrogen (secondary N) is 1. The van der Waals surface area contributed by atoms with Crippen LogP contribution in [0.2, 0.25) is 0 Å². The van der Waals surface area contributed by atoms with Gasteiger partial charge in [-0.3, -0.25) is 9.59 Å². The van der Waals surface area contributed by atoms with E-state index in [1.165, 1.54) is 0 Å². The van der Waals surface area contributed by atoms with Crippen LogP contribution in [0.15, 0.2) is 10.6 Å². The van der Waals surface area contributed by atoms with Gasteiger partial charge in [0.05, 0.1) is 18.2 Å². The second-order valence-electron chi connectivity index (χ2n) is 7.17. The van der Waals surface area contributed by atoms with Gasteiger partial charge < -0.3 is 19.5 Å². The number of hydrogen-bond donors (Lipinski definition) is 1. The van der Waals surface area contributed by atoms with Crippen LogP contribution in [0.5, 0.6) is 0 Å². The van der Waals surface area contributed by atoms with E-state index >= 15 is 0 Å². The fourth-order valence-electron chi connectivity index (χ4n) is 3.40. The van der Waals surface area contributed by atoms with Crippen molar-refractivity contribution in [1.29, 1.82) is 0 Å². The Morgan fingerprint density at radius 2 is 2.08 bits per heavy atom. The maximum absolute atomic E-state index is 12.4. The molecule has 1 unspecified atom stereocenters. The number of nitrogens with zero attached hydrogens (tertiary/aromatic N) is 2. The van der Waals surface area contributed by atoms with Gasteiger partial charge >= 0.3 is 0 Å². The molecule has 1 spiro atoms. The van der Waals surface area contributed by atoms with Crippen LogP contribution in [0.3, 0.4) is 0 Å². The highest BCUT2D eigenvalue weighted by Gasteiger charge is 2.44.